The fraction of sp³-hybridized carbons (Fsp3) is 0.154. The highest BCUT2D eigenvalue weighted by molar-refractivity contribution is 6.35. The Morgan fingerprint density at radius 1 is 1.29 bits per heavy atom. The van der Waals surface area contributed by atoms with E-state index < -0.39 is 0 Å². The Labute approximate surface area is 109 Å². The Bertz CT molecular complexity index is 558. The van der Waals surface area contributed by atoms with Gasteiger partial charge in [0.1, 0.15) is 12.0 Å². The number of furan rings is 1. The lowest BCUT2D eigenvalue weighted by molar-refractivity contribution is 0.0992. The van der Waals surface area contributed by atoms with Crippen LogP contribution in [0.5, 0.6) is 0 Å². The summed E-state index contributed by atoms with van der Waals surface area (Å²) in [6.45, 7) is 1.80. The normalized spacial score (nSPS) is 10.5. The summed E-state index contributed by atoms with van der Waals surface area (Å²) in [7, 11) is 0. The molecule has 1 aromatic heterocycles. The van der Waals surface area contributed by atoms with Crippen LogP contribution in [0.3, 0.4) is 0 Å². The summed E-state index contributed by atoms with van der Waals surface area (Å²) in [4.78, 5) is 11.9. The van der Waals surface area contributed by atoms with Crippen LogP contribution in [0, 0.1) is 6.92 Å². The van der Waals surface area contributed by atoms with Gasteiger partial charge < -0.3 is 4.42 Å². The molecule has 1 aromatic carbocycles. The highest BCUT2D eigenvalue weighted by Crippen LogP contribution is 2.22. The van der Waals surface area contributed by atoms with Crippen LogP contribution < -0.4 is 0 Å². The summed E-state index contributed by atoms with van der Waals surface area (Å²) in [5, 5.41) is 1.07. The van der Waals surface area contributed by atoms with Gasteiger partial charge in [0.25, 0.3) is 0 Å². The molecule has 0 aliphatic carbocycles. The molecule has 0 aliphatic heterocycles. The van der Waals surface area contributed by atoms with Crippen LogP contribution in [0.25, 0.3) is 0 Å². The van der Waals surface area contributed by atoms with Crippen LogP contribution >= 0.6 is 23.2 Å². The molecule has 2 rings (SSSR count). The quantitative estimate of drug-likeness (QED) is 0.777. The number of rotatable bonds is 3. The average Bonchev–Trinajstić information content (AvgIpc) is 2.69. The number of carbonyl (C=O) groups excluding carboxylic acids is 1. The van der Waals surface area contributed by atoms with Crippen molar-refractivity contribution in [3.63, 3.8) is 0 Å². The van der Waals surface area contributed by atoms with Gasteiger partial charge in [-0.25, -0.2) is 0 Å². The maximum atomic E-state index is 11.9. The third-order valence-corrected chi connectivity index (χ3v) is 3.01. The predicted octanol–water partition coefficient (Wildman–Crippen LogP) is 4.32. The van der Waals surface area contributed by atoms with Gasteiger partial charge in [-0.15, -0.1) is 0 Å². The Hall–Kier alpha value is -1.25. The van der Waals surface area contributed by atoms with Gasteiger partial charge in [0, 0.05) is 16.5 Å². The Morgan fingerprint density at radius 2 is 2.06 bits per heavy atom. The van der Waals surface area contributed by atoms with Crippen LogP contribution in [0.2, 0.25) is 10.0 Å². The SMILES string of the molecule is Cc1cc(C(=O)Cc2ccc(Cl)cc2Cl)co1. The molecule has 0 bridgehead atoms. The minimum absolute atomic E-state index is 0.0222. The number of halogens is 2. The summed E-state index contributed by atoms with van der Waals surface area (Å²) in [5.74, 6) is 0.696. The van der Waals surface area contributed by atoms with Crippen molar-refractivity contribution in [3.8, 4) is 0 Å². The number of Topliss-reactive ketones (excluding diaryl/α,β-unsaturated/α-hetero) is 1. The lowest BCUT2D eigenvalue weighted by atomic mass is 10.1. The highest BCUT2D eigenvalue weighted by atomic mass is 35.5. The first-order valence-electron chi connectivity index (χ1n) is 5.08. The van der Waals surface area contributed by atoms with E-state index in [0.717, 1.165) is 11.3 Å². The van der Waals surface area contributed by atoms with E-state index in [2.05, 4.69) is 0 Å². The van der Waals surface area contributed by atoms with Crippen LogP contribution in [-0.4, -0.2) is 5.78 Å². The number of hydrogen-bond acceptors (Lipinski definition) is 2. The molecule has 0 unspecified atom stereocenters. The highest BCUT2D eigenvalue weighted by Gasteiger charge is 2.11. The summed E-state index contributed by atoms with van der Waals surface area (Å²) >= 11 is 11.8. The van der Waals surface area contributed by atoms with Crippen molar-refractivity contribution in [1.82, 2.24) is 0 Å². The van der Waals surface area contributed by atoms with Gasteiger partial charge >= 0.3 is 0 Å². The van der Waals surface area contributed by atoms with Crippen molar-refractivity contribution < 1.29 is 9.21 Å². The lowest BCUT2D eigenvalue weighted by Gasteiger charge is -2.02. The molecule has 0 saturated carbocycles. The molecule has 1 heterocycles. The van der Waals surface area contributed by atoms with Crippen molar-refractivity contribution in [2.24, 2.45) is 0 Å². The van der Waals surface area contributed by atoms with E-state index in [-0.39, 0.29) is 12.2 Å². The van der Waals surface area contributed by atoms with Crippen LogP contribution in [0.15, 0.2) is 34.9 Å². The summed E-state index contributed by atoms with van der Waals surface area (Å²) in [5.41, 5.74) is 1.33. The van der Waals surface area contributed by atoms with E-state index in [9.17, 15) is 4.79 Å². The molecule has 0 saturated heterocycles. The zero-order valence-corrected chi connectivity index (χ0v) is 10.7. The number of aryl methyl sites for hydroxylation is 1. The smallest absolute Gasteiger partial charge is 0.170 e. The van der Waals surface area contributed by atoms with E-state index in [4.69, 9.17) is 27.6 Å². The van der Waals surface area contributed by atoms with Gasteiger partial charge in [-0.3, -0.25) is 4.79 Å². The molecule has 0 atom stereocenters. The first-order chi connectivity index (χ1) is 8.06. The van der Waals surface area contributed by atoms with Crippen molar-refractivity contribution >= 4 is 29.0 Å². The van der Waals surface area contributed by atoms with Crippen molar-refractivity contribution in [1.29, 1.82) is 0 Å². The fourth-order valence-corrected chi connectivity index (χ4v) is 2.01. The maximum Gasteiger partial charge on any atom is 0.170 e. The third-order valence-electron chi connectivity index (χ3n) is 2.42. The molecule has 0 radical (unpaired) electrons. The van der Waals surface area contributed by atoms with Gasteiger partial charge in [-0.1, -0.05) is 29.3 Å². The second kappa shape index (κ2) is 4.94. The van der Waals surface area contributed by atoms with Gasteiger partial charge in [0.05, 0.1) is 5.56 Å². The second-order valence-corrected chi connectivity index (χ2v) is 4.63. The molecule has 0 amide bonds. The van der Waals surface area contributed by atoms with E-state index in [1.54, 1.807) is 31.2 Å². The van der Waals surface area contributed by atoms with Crippen molar-refractivity contribution in [2.75, 3.05) is 0 Å². The molecule has 0 spiro atoms. The van der Waals surface area contributed by atoms with Gasteiger partial charge in [0.15, 0.2) is 5.78 Å². The molecular formula is C13H10Cl2O2. The fourth-order valence-electron chi connectivity index (χ4n) is 1.53. The minimum atomic E-state index is -0.0222. The zero-order chi connectivity index (χ0) is 12.4. The monoisotopic (exact) mass is 268 g/mol. The second-order valence-electron chi connectivity index (χ2n) is 3.78. The summed E-state index contributed by atoms with van der Waals surface area (Å²) in [6.07, 6.45) is 1.70. The van der Waals surface area contributed by atoms with Gasteiger partial charge in [-0.05, 0) is 30.7 Å². The molecule has 2 aromatic rings. The Balaban J connectivity index is 2.18. The molecule has 0 aliphatic rings. The van der Waals surface area contributed by atoms with E-state index in [1.807, 2.05) is 0 Å². The number of benzene rings is 1. The Morgan fingerprint density at radius 3 is 2.65 bits per heavy atom. The zero-order valence-electron chi connectivity index (χ0n) is 9.17. The van der Waals surface area contributed by atoms with Gasteiger partial charge in [0.2, 0.25) is 0 Å². The molecule has 17 heavy (non-hydrogen) atoms. The molecule has 88 valence electrons. The average molecular weight is 269 g/mol. The first-order valence-corrected chi connectivity index (χ1v) is 5.84. The first kappa shape index (κ1) is 12.2. The largest absolute Gasteiger partial charge is 0.469 e. The lowest BCUT2D eigenvalue weighted by Crippen LogP contribution is -2.02. The van der Waals surface area contributed by atoms with Crippen LogP contribution in [0.4, 0.5) is 0 Å². The molecule has 0 fully saturated rings. The molecule has 2 nitrogen and oxygen atoms in total. The topological polar surface area (TPSA) is 30.2 Å². The number of ketones is 1. The third kappa shape index (κ3) is 2.90. The summed E-state index contributed by atoms with van der Waals surface area (Å²) in [6, 6.07) is 6.82. The standard InChI is InChI=1S/C13H10Cl2O2/c1-8-4-10(7-17-8)13(16)5-9-2-3-11(14)6-12(9)15/h2-4,6-7H,5H2,1H3. The van der Waals surface area contributed by atoms with E-state index in [1.165, 1.54) is 6.26 Å². The molecular weight excluding hydrogens is 259 g/mol. The van der Waals surface area contributed by atoms with Gasteiger partial charge in [-0.2, -0.15) is 0 Å². The Kier molecular flexibility index (Phi) is 3.55. The van der Waals surface area contributed by atoms with Crippen LogP contribution in [-0.2, 0) is 6.42 Å². The minimum Gasteiger partial charge on any atom is -0.469 e. The van der Waals surface area contributed by atoms with Crippen molar-refractivity contribution in [3.05, 3.63) is 57.5 Å². The van der Waals surface area contributed by atoms with Crippen LogP contribution in [0.1, 0.15) is 21.7 Å². The number of hydrogen-bond donors (Lipinski definition) is 0. The maximum absolute atomic E-state index is 11.9. The number of carbonyl (C=O) groups is 1. The molecule has 0 N–H and O–H groups in total. The van der Waals surface area contributed by atoms with E-state index in [0.29, 0.717) is 15.6 Å². The van der Waals surface area contributed by atoms with E-state index >= 15 is 0 Å². The summed E-state index contributed by atoms with van der Waals surface area (Å²) < 4.78 is 5.10. The predicted molar refractivity (Wildman–Crippen MR) is 67.9 cm³/mol. The molecule has 4 heteroatoms. The van der Waals surface area contributed by atoms with Crippen molar-refractivity contribution in [2.45, 2.75) is 13.3 Å².